The highest BCUT2D eigenvalue weighted by atomic mass is 19.1. The monoisotopic (exact) mass is 224 g/mol. The Bertz CT molecular complexity index is 374. The molecule has 0 fully saturated rings. The van der Waals surface area contributed by atoms with Gasteiger partial charge in [0.05, 0.1) is 0 Å². The topological polar surface area (TPSA) is 26.3 Å². The minimum absolute atomic E-state index is 0.0385. The molecular weight excluding hydrogens is 207 g/mol. The van der Waals surface area contributed by atoms with Gasteiger partial charge in [0.1, 0.15) is 5.82 Å². The molecule has 1 aromatic carbocycles. The van der Waals surface area contributed by atoms with E-state index >= 15 is 0 Å². The van der Waals surface area contributed by atoms with Gasteiger partial charge in [0.2, 0.25) is 0 Å². The molecule has 2 nitrogen and oxygen atoms in total. The summed E-state index contributed by atoms with van der Waals surface area (Å²) in [5.41, 5.74) is 0.993. The molecule has 1 atom stereocenters. The third-order valence-corrected chi connectivity index (χ3v) is 2.48. The van der Waals surface area contributed by atoms with Crippen LogP contribution < -0.4 is 0 Å². The van der Waals surface area contributed by atoms with Crippen molar-refractivity contribution in [3.63, 3.8) is 0 Å². The van der Waals surface area contributed by atoms with E-state index in [1.54, 1.807) is 26.2 Å². The molecule has 1 rings (SSSR count). The molecule has 0 radical (unpaired) electrons. The summed E-state index contributed by atoms with van der Waals surface area (Å²) in [5.74, 6) is -0.212. The van der Waals surface area contributed by atoms with Crippen LogP contribution in [-0.4, -0.2) is 19.5 Å². The lowest BCUT2D eigenvalue weighted by atomic mass is 9.99. The second-order valence-electron chi connectivity index (χ2n) is 4.15. The second-order valence-corrected chi connectivity index (χ2v) is 4.15. The Balaban J connectivity index is 2.69. The van der Waals surface area contributed by atoms with E-state index in [9.17, 15) is 9.18 Å². The van der Waals surface area contributed by atoms with Crippen molar-refractivity contribution in [2.75, 3.05) is 13.7 Å². The molecule has 3 heteroatoms. The molecule has 0 heterocycles. The van der Waals surface area contributed by atoms with Crippen LogP contribution in [0.4, 0.5) is 4.39 Å². The first-order valence-corrected chi connectivity index (χ1v) is 5.33. The van der Waals surface area contributed by atoms with Crippen LogP contribution in [0.1, 0.15) is 29.3 Å². The van der Waals surface area contributed by atoms with Crippen LogP contribution >= 0.6 is 0 Å². The van der Waals surface area contributed by atoms with E-state index in [4.69, 9.17) is 4.74 Å². The number of carbonyl (C=O) groups is 1. The predicted molar refractivity (Wildman–Crippen MR) is 61.1 cm³/mol. The van der Waals surface area contributed by atoms with E-state index < -0.39 is 0 Å². The van der Waals surface area contributed by atoms with Gasteiger partial charge in [-0.15, -0.1) is 0 Å². The molecule has 1 aromatic rings. The third-order valence-electron chi connectivity index (χ3n) is 2.48. The van der Waals surface area contributed by atoms with Crippen LogP contribution in [0.15, 0.2) is 18.2 Å². The number of rotatable bonds is 5. The van der Waals surface area contributed by atoms with Crippen molar-refractivity contribution in [1.82, 2.24) is 0 Å². The van der Waals surface area contributed by atoms with Gasteiger partial charge in [-0.3, -0.25) is 4.79 Å². The lowest BCUT2D eigenvalue weighted by Crippen LogP contribution is -2.11. The van der Waals surface area contributed by atoms with E-state index in [-0.39, 0.29) is 17.5 Å². The molecule has 0 aromatic heterocycles. The fraction of sp³-hybridized carbons (Fsp3) is 0.462. The number of Topliss-reactive ketones (excluding diaryl/α,β-unsaturated/α-hetero) is 1. The smallest absolute Gasteiger partial charge is 0.163 e. The standard InChI is InChI=1S/C13H17FO2/c1-9(8-16-3)6-13(15)11-5-4-10(2)12(14)7-11/h4-5,7,9H,6,8H2,1-3H3. The number of methoxy groups -OCH3 is 1. The predicted octanol–water partition coefficient (Wildman–Crippen LogP) is 2.99. The Kier molecular flexibility index (Phi) is 4.62. The molecule has 0 amide bonds. The Hall–Kier alpha value is -1.22. The molecular formula is C13H17FO2. The molecule has 0 aliphatic rings. The summed E-state index contributed by atoms with van der Waals surface area (Å²) in [6, 6.07) is 4.60. The molecule has 0 saturated heterocycles. The maximum atomic E-state index is 13.2. The zero-order valence-electron chi connectivity index (χ0n) is 9.92. The van der Waals surface area contributed by atoms with E-state index in [0.717, 1.165) is 0 Å². The molecule has 88 valence electrons. The number of benzene rings is 1. The van der Waals surface area contributed by atoms with Gasteiger partial charge in [-0.05, 0) is 24.5 Å². The molecule has 0 saturated carbocycles. The molecule has 0 spiro atoms. The van der Waals surface area contributed by atoms with Crippen molar-refractivity contribution in [2.24, 2.45) is 5.92 Å². The van der Waals surface area contributed by atoms with Crippen molar-refractivity contribution in [2.45, 2.75) is 20.3 Å². The highest BCUT2D eigenvalue weighted by molar-refractivity contribution is 5.96. The summed E-state index contributed by atoms with van der Waals surface area (Å²) in [7, 11) is 1.60. The molecule has 0 N–H and O–H groups in total. The number of ether oxygens (including phenoxy) is 1. The lowest BCUT2D eigenvalue weighted by Gasteiger charge is -2.09. The SMILES string of the molecule is COCC(C)CC(=O)c1ccc(C)c(F)c1. The van der Waals surface area contributed by atoms with E-state index in [2.05, 4.69) is 0 Å². The van der Waals surface area contributed by atoms with Crippen LogP contribution in [-0.2, 0) is 4.74 Å². The number of carbonyl (C=O) groups excluding carboxylic acids is 1. The summed E-state index contributed by atoms with van der Waals surface area (Å²) in [6.07, 6.45) is 0.385. The van der Waals surface area contributed by atoms with Gasteiger partial charge in [0, 0.05) is 25.7 Å². The van der Waals surface area contributed by atoms with Crippen LogP contribution in [0.5, 0.6) is 0 Å². The van der Waals surface area contributed by atoms with Gasteiger partial charge < -0.3 is 4.74 Å². The van der Waals surface area contributed by atoms with Gasteiger partial charge in [0.15, 0.2) is 5.78 Å². The zero-order chi connectivity index (χ0) is 12.1. The molecule has 16 heavy (non-hydrogen) atoms. The summed E-state index contributed by atoms with van der Waals surface area (Å²) in [6.45, 7) is 4.16. The largest absolute Gasteiger partial charge is 0.384 e. The zero-order valence-corrected chi connectivity index (χ0v) is 9.92. The van der Waals surface area contributed by atoms with Gasteiger partial charge in [-0.25, -0.2) is 4.39 Å². The Morgan fingerprint density at radius 3 is 2.75 bits per heavy atom. The van der Waals surface area contributed by atoms with Gasteiger partial charge in [-0.1, -0.05) is 19.1 Å². The minimum atomic E-state index is -0.328. The Morgan fingerprint density at radius 1 is 1.50 bits per heavy atom. The lowest BCUT2D eigenvalue weighted by molar-refractivity contribution is 0.0919. The highest BCUT2D eigenvalue weighted by Crippen LogP contribution is 2.14. The summed E-state index contributed by atoms with van der Waals surface area (Å²) >= 11 is 0. The van der Waals surface area contributed by atoms with Crippen LogP contribution in [0.25, 0.3) is 0 Å². The highest BCUT2D eigenvalue weighted by Gasteiger charge is 2.12. The van der Waals surface area contributed by atoms with Crippen molar-refractivity contribution < 1.29 is 13.9 Å². The average Bonchev–Trinajstić information content (AvgIpc) is 2.22. The van der Waals surface area contributed by atoms with Gasteiger partial charge in [0.25, 0.3) is 0 Å². The maximum Gasteiger partial charge on any atom is 0.163 e. The summed E-state index contributed by atoms with van der Waals surface area (Å²) in [4.78, 5) is 11.8. The van der Waals surface area contributed by atoms with Crippen LogP contribution in [0, 0.1) is 18.7 Å². The normalized spacial score (nSPS) is 12.5. The Morgan fingerprint density at radius 2 is 2.19 bits per heavy atom. The fourth-order valence-electron chi connectivity index (χ4n) is 1.54. The number of hydrogen-bond donors (Lipinski definition) is 0. The summed E-state index contributed by atoms with van der Waals surface area (Å²) in [5, 5.41) is 0. The number of ketones is 1. The van der Waals surface area contributed by atoms with E-state index in [1.165, 1.54) is 6.07 Å². The molecule has 1 unspecified atom stereocenters. The Labute approximate surface area is 95.4 Å². The summed E-state index contributed by atoms with van der Waals surface area (Å²) < 4.78 is 18.2. The minimum Gasteiger partial charge on any atom is -0.384 e. The number of aryl methyl sites for hydroxylation is 1. The van der Waals surface area contributed by atoms with Crippen molar-refractivity contribution >= 4 is 5.78 Å². The molecule has 0 bridgehead atoms. The fourth-order valence-corrected chi connectivity index (χ4v) is 1.54. The second kappa shape index (κ2) is 5.75. The third kappa shape index (κ3) is 3.42. The van der Waals surface area contributed by atoms with Gasteiger partial charge >= 0.3 is 0 Å². The average molecular weight is 224 g/mol. The maximum absolute atomic E-state index is 13.2. The van der Waals surface area contributed by atoms with Crippen molar-refractivity contribution in [3.8, 4) is 0 Å². The van der Waals surface area contributed by atoms with Crippen molar-refractivity contribution in [3.05, 3.63) is 35.1 Å². The first-order chi connectivity index (χ1) is 7.54. The molecule has 0 aliphatic carbocycles. The van der Waals surface area contributed by atoms with Gasteiger partial charge in [-0.2, -0.15) is 0 Å². The number of halogens is 1. The first-order valence-electron chi connectivity index (χ1n) is 5.33. The van der Waals surface area contributed by atoms with Crippen molar-refractivity contribution in [1.29, 1.82) is 0 Å². The first kappa shape index (κ1) is 12.8. The number of hydrogen-bond acceptors (Lipinski definition) is 2. The molecule has 0 aliphatic heterocycles. The van der Waals surface area contributed by atoms with E-state index in [1.807, 2.05) is 6.92 Å². The van der Waals surface area contributed by atoms with E-state index in [0.29, 0.717) is 24.2 Å². The van der Waals surface area contributed by atoms with Crippen LogP contribution in [0.2, 0.25) is 0 Å². The van der Waals surface area contributed by atoms with Crippen LogP contribution in [0.3, 0.4) is 0 Å². The quantitative estimate of drug-likeness (QED) is 0.719.